The van der Waals surface area contributed by atoms with Crippen LogP contribution in [0.2, 0.25) is 0 Å². The lowest BCUT2D eigenvalue weighted by Gasteiger charge is -2.17. The lowest BCUT2D eigenvalue weighted by molar-refractivity contribution is -0.150. The van der Waals surface area contributed by atoms with Gasteiger partial charge < -0.3 is 14.9 Å². The van der Waals surface area contributed by atoms with Crippen molar-refractivity contribution in [3.05, 3.63) is 52.1 Å². The highest BCUT2D eigenvalue weighted by atomic mass is 16.5. The summed E-state index contributed by atoms with van der Waals surface area (Å²) in [6, 6.07) is 3.46. The van der Waals surface area contributed by atoms with E-state index in [1.54, 1.807) is 19.1 Å². The number of phenolic OH excluding ortho intramolecular Hbond substituents is 1. The smallest absolute Gasteiger partial charge is 0.337 e. The third-order valence-corrected chi connectivity index (χ3v) is 3.61. The Morgan fingerprint density at radius 1 is 1.08 bits per heavy atom. The van der Waals surface area contributed by atoms with Crippen LogP contribution < -0.4 is 0 Å². The van der Waals surface area contributed by atoms with Crippen molar-refractivity contribution >= 4 is 5.97 Å². The lowest BCUT2D eigenvalue weighted by atomic mass is 9.96. The average Bonchev–Trinajstić information content (AvgIpc) is 2.50. The number of ether oxygens (including phenoxy) is 1. The number of aliphatic carboxylic acids is 1. The predicted molar refractivity (Wildman–Crippen MR) is 96.4 cm³/mol. The third kappa shape index (κ3) is 5.85. The van der Waals surface area contributed by atoms with Gasteiger partial charge in [0.1, 0.15) is 5.75 Å². The number of allylic oxidation sites excluding steroid dienone is 4. The molecule has 4 nitrogen and oxygen atoms in total. The van der Waals surface area contributed by atoms with Crippen LogP contribution in [0.25, 0.3) is 0 Å². The van der Waals surface area contributed by atoms with Crippen LogP contribution in [0.5, 0.6) is 5.75 Å². The van der Waals surface area contributed by atoms with E-state index in [9.17, 15) is 15.0 Å². The van der Waals surface area contributed by atoms with Gasteiger partial charge in [0.25, 0.3) is 0 Å². The van der Waals surface area contributed by atoms with Crippen molar-refractivity contribution in [2.75, 3.05) is 6.61 Å². The molecule has 0 saturated heterocycles. The summed E-state index contributed by atoms with van der Waals surface area (Å²) < 4.78 is 5.38. The van der Waals surface area contributed by atoms with Crippen LogP contribution in [0.1, 0.15) is 57.4 Å². The number of hydrogen-bond donors (Lipinski definition) is 2. The van der Waals surface area contributed by atoms with Gasteiger partial charge in [-0.25, -0.2) is 4.79 Å². The Morgan fingerprint density at radius 2 is 1.54 bits per heavy atom. The molecule has 0 aliphatic rings. The van der Waals surface area contributed by atoms with E-state index in [-0.39, 0.29) is 5.75 Å². The summed E-state index contributed by atoms with van der Waals surface area (Å²) in [6.45, 7) is 10.0. The van der Waals surface area contributed by atoms with E-state index < -0.39 is 12.1 Å². The largest absolute Gasteiger partial charge is 0.507 e. The van der Waals surface area contributed by atoms with Crippen molar-refractivity contribution in [1.82, 2.24) is 0 Å². The molecule has 0 bridgehead atoms. The van der Waals surface area contributed by atoms with Crippen LogP contribution in [0.3, 0.4) is 0 Å². The number of carboxylic acid groups (broad SMARTS) is 1. The van der Waals surface area contributed by atoms with Crippen LogP contribution in [-0.2, 0) is 22.4 Å². The molecule has 1 aromatic carbocycles. The molecule has 1 atom stereocenters. The standard InChI is InChI=1S/C20H28O4/c1-6-24-19(20(22)23)17-11-15(9-7-13(2)3)18(21)16(12-17)10-8-14(4)5/h7-8,11-12,19,21H,6,9-10H2,1-5H3,(H,22,23). The van der Waals surface area contributed by atoms with E-state index in [1.165, 1.54) is 0 Å². The fourth-order valence-corrected chi connectivity index (χ4v) is 2.35. The molecule has 0 aliphatic heterocycles. The van der Waals surface area contributed by atoms with Crippen molar-refractivity contribution < 1.29 is 19.7 Å². The van der Waals surface area contributed by atoms with Gasteiger partial charge in [-0.15, -0.1) is 0 Å². The normalized spacial score (nSPS) is 11.7. The van der Waals surface area contributed by atoms with Gasteiger partial charge in [-0.3, -0.25) is 0 Å². The fraction of sp³-hybridized carbons (Fsp3) is 0.450. The second kappa shape index (κ2) is 9.28. The second-order valence-corrected chi connectivity index (χ2v) is 6.33. The maximum atomic E-state index is 11.5. The van der Waals surface area contributed by atoms with Crippen molar-refractivity contribution in [2.45, 2.75) is 53.6 Å². The highest BCUT2D eigenvalue weighted by Crippen LogP contribution is 2.31. The van der Waals surface area contributed by atoms with Gasteiger partial charge in [0.05, 0.1) is 0 Å². The van der Waals surface area contributed by atoms with Gasteiger partial charge in [0.2, 0.25) is 0 Å². The number of benzene rings is 1. The summed E-state index contributed by atoms with van der Waals surface area (Å²) in [5.74, 6) is -0.793. The van der Waals surface area contributed by atoms with E-state index >= 15 is 0 Å². The van der Waals surface area contributed by atoms with Crippen LogP contribution in [0.4, 0.5) is 0 Å². The summed E-state index contributed by atoms with van der Waals surface area (Å²) in [7, 11) is 0. The number of carbonyl (C=O) groups is 1. The highest BCUT2D eigenvalue weighted by molar-refractivity contribution is 5.75. The molecular formula is C20H28O4. The van der Waals surface area contributed by atoms with Crippen LogP contribution >= 0.6 is 0 Å². The minimum absolute atomic E-state index is 0.231. The quantitative estimate of drug-likeness (QED) is 0.684. The van der Waals surface area contributed by atoms with Gasteiger partial charge in [-0.05, 0) is 76.3 Å². The monoisotopic (exact) mass is 332 g/mol. The van der Waals surface area contributed by atoms with E-state index in [0.29, 0.717) is 25.0 Å². The topological polar surface area (TPSA) is 66.8 Å². The van der Waals surface area contributed by atoms with Gasteiger partial charge in [0, 0.05) is 6.61 Å². The van der Waals surface area contributed by atoms with Crippen LogP contribution in [0, 0.1) is 0 Å². The Labute approximate surface area is 144 Å². The zero-order valence-electron chi connectivity index (χ0n) is 15.2. The molecule has 0 aromatic heterocycles. The zero-order chi connectivity index (χ0) is 18.3. The molecule has 0 radical (unpaired) electrons. The van der Waals surface area contributed by atoms with Crippen molar-refractivity contribution in [3.63, 3.8) is 0 Å². The van der Waals surface area contributed by atoms with E-state index in [0.717, 1.165) is 22.3 Å². The maximum absolute atomic E-state index is 11.5. The molecule has 0 spiro atoms. The Balaban J connectivity index is 3.39. The third-order valence-electron chi connectivity index (χ3n) is 3.61. The first-order chi connectivity index (χ1) is 11.3. The molecule has 0 heterocycles. The van der Waals surface area contributed by atoms with Gasteiger partial charge in [-0.2, -0.15) is 0 Å². The van der Waals surface area contributed by atoms with Gasteiger partial charge >= 0.3 is 5.97 Å². The lowest BCUT2D eigenvalue weighted by Crippen LogP contribution is -2.16. The molecule has 2 N–H and O–H groups in total. The second-order valence-electron chi connectivity index (χ2n) is 6.33. The highest BCUT2D eigenvalue weighted by Gasteiger charge is 2.22. The van der Waals surface area contributed by atoms with Crippen LogP contribution in [0.15, 0.2) is 35.4 Å². The number of aromatic hydroxyl groups is 1. The van der Waals surface area contributed by atoms with Gasteiger partial charge in [0.15, 0.2) is 6.10 Å². The van der Waals surface area contributed by atoms with Crippen molar-refractivity contribution in [3.8, 4) is 5.75 Å². The molecule has 4 heteroatoms. The molecular weight excluding hydrogens is 304 g/mol. The number of hydrogen-bond acceptors (Lipinski definition) is 3. The van der Waals surface area contributed by atoms with Crippen molar-refractivity contribution in [2.24, 2.45) is 0 Å². The molecule has 0 saturated carbocycles. The molecule has 1 unspecified atom stereocenters. The zero-order valence-corrected chi connectivity index (χ0v) is 15.2. The Morgan fingerprint density at radius 3 is 1.88 bits per heavy atom. The summed E-state index contributed by atoms with van der Waals surface area (Å²) in [6.07, 6.45) is 4.12. The minimum atomic E-state index is -1.02. The van der Waals surface area contributed by atoms with Crippen LogP contribution in [-0.4, -0.2) is 22.8 Å². The first kappa shape index (κ1) is 20.0. The first-order valence-corrected chi connectivity index (χ1v) is 8.22. The molecule has 0 amide bonds. The molecule has 24 heavy (non-hydrogen) atoms. The SMILES string of the molecule is CCOC(C(=O)O)c1cc(CC=C(C)C)c(O)c(CC=C(C)C)c1. The molecule has 0 aliphatic carbocycles. The summed E-state index contributed by atoms with van der Waals surface area (Å²) in [4.78, 5) is 11.5. The fourth-order valence-electron chi connectivity index (χ4n) is 2.35. The molecule has 1 rings (SSSR count). The number of phenols is 1. The van der Waals surface area contributed by atoms with E-state index in [2.05, 4.69) is 0 Å². The number of carboxylic acids is 1. The van der Waals surface area contributed by atoms with Gasteiger partial charge in [-0.1, -0.05) is 23.3 Å². The average molecular weight is 332 g/mol. The summed E-state index contributed by atoms with van der Waals surface area (Å²) in [5, 5.41) is 20.0. The number of rotatable bonds is 8. The summed E-state index contributed by atoms with van der Waals surface area (Å²) in [5.41, 5.74) is 4.29. The van der Waals surface area contributed by atoms with E-state index in [1.807, 2.05) is 39.8 Å². The molecule has 1 aromatic rings. The molecule has 0 fully saturated rings. The molecule has 132 valence electrons. The minimum Gasteiger partial charge on any atom is -0.507 e. The van der Waals surface area contributed by atoms with E-state index in [4.69, 9.17) is 4.74 Å². The Hall–Kier alpha value is -2.07. The Bertz CT molecular complexity index is 592. The summed E-state index contributed by atoms with van der Waals surface area (Å²) >= 11 is 0. The maximum Gasteiger partial charge on any atom is 0.337 e. The Kier molecular flexibility index (Phi) is 7.72. The predicted octanol–water partition coefficient (Wildman–Crippen LogP) is 4.57. The van der Waals surface area contributed by atoms with Crippen molar-refractivity contribution in [1.29, 1.82) is 0 Å². The first-order valence-electron chi connectivity index (χ1n) is 8.22.